The molecule has 0 aliphatic carbocycles. The fourth-order valence-corrected chi connectivity index (χ4v) is 2.16. The van der Waals surface area contributed by atoms with Gasteiger partial charge in [0.1, 0.15) is 5.82 Å². The van der Waals surface area contributed by atoms with Crippen LogP contribution < -0.4 is 10.6 Å². The Balaban J connectivity index is 2.11. The van der Waals surface area contributed by atoms with E-state index in [1.807, 2.05) is 0 Å². The van der Waals surface area contributed by atoms with Crippen molar-refractivity contribution in [2.75, 3.05) is 26.0 Å². The lowest BCUT2D eigenvalue weighted by Gasteiger charge is -2.30. The van der Waals surface area contributed by atoms with E-state index in [9.17, 15) is 9.59 Å². The van der Waals surface area contributed by atoms with E-state index in [0.29, 0.717) is 24.3 Å². The zero-order chi connectivity index (χ0) is 13.8. The molecule has 2 amide bonds. The number of hydrogen-bond donors (Lipinski definition) is 2. The molecule has 1 aliphatic rings. The van der Waals surface area contributed by atoms with Crippen LogP contribution in [0.25, 0.3) is 0 Å². The summed E-state index contributed by atoms with van der Waals surface area (Å²) < 4.78 is 0. The van der Waals surface area contributed by atoms with Crippen LogP contribution in [-0.4, -0.2) is 48.4 Å². The summed E-state index contributed by atoms with van der Waals surface area (Å²) in [4.78, 5) is 29.1. The largest absolute Gasteiger partial charge is 0.365 e. The lowest BCUT2D eigenvalue weighted by atomic mass is 10.1. The molecular formula is C13H18N4O2. The highest BCUT2D eigenvalue weighted by Crippen LogP contribution is 2.17. The van der Waals surface area contributed by atoms with Crippen LogP contribution in [0.15, 0.2) is 18.3 Å². The van der Waals surface area contributed by atoms with Gasteiger partial charge in [-0.1, -0.05) is 0 Å². The van der Waals surface area contributed by atoms with E-state index >= 15 is 0 Å². The molecule has 2 heterocycles. The number of pyridine rings is 1. The van der Waals surface area contributed by atoms with E-state index in [4.69, 9.17) is 0 Å². The van der Waals surface area contributed by atoms with E-state index in [2.05, 4.69) is 15.6 Å². The van der Waals surface area contributed by atoms with Crippen LogP contribution in [0.1, 0.15) is 23.2 Å². The first-order valence-electron chi connectivity index (χ1n) is 6.29. The maximum atomic E-state index is 11.7. The van der Waals surface area contributed by atoms with Gasteiger partial charge in [-0.3, -0.25) is 9.59 Å². The molecule has 1 aliphatic heterocycles. The molecule has 1 unspecified atom stereocenters. The number of piperidine rings is 1. The first-order chi connectivity index (χ1) is 9.11. The molecule has 1 aromatic rings. The Morgan fingerprint density at radius 1 is 1.53 bits per heavy atom. The summed E-state index contributed by atoms with van der Waals surface area (Å²) in [7, 11) is 3.38. The van der Waals surface area contributed by atoms with Crippen molar-refractivity contribution in [1.82, 2.24) is 15.2 Å². The van der Waals surface area contributed by atoms with Gasteiger partial charge in [0.2, 0.25) is 5.91 Å². The highest BCUT2D eigenvalue weighted by molar-refractivity contribution is 5.98. The first-order valence-corrected chi connectivity index (χ1v) is 6.29. The van der Waals surface area contributed by atoms with E-state index in [-0.39, 0.29) is 17.9 Å². The number of amides is 2. The summed E-state index contributed by atoms with van der Waals surface area (Å²) in [5.41, 5.74) is 0.518. The van der Waals surface area contributed by atoms with Crippen molar-refractivity contribution >= 4 is 17.6 Å². The predicted octanol–water partition coefficient (Wildman–Crippen LogP) is 0.474. The highest BCUT2D eigenvalue weighted by Gasteiger charge is 2.24. The number of likely N-dealkylation sites (N-methyl/N-ethyl adjacent to an activating group) is 1. The molecule has 0 bridgehead atoms. The predicted molar refractivity (Wildman–Crippen MR) is 71.9 cm³/mol. The normalized spacial score (nSPS) is 19.2. The Bertz CT molecular complexity index is 489. The van der Waals surface area contributed by atoms with Crippen molar-refractivity contribution in [2.45, 2.75) is 18.9 Å². The van der Waals surface area contributed by atoms with Gasteiger partial charge in [-0.25, -0.2) is 4.98 Å². The van der Waals surface area contributed by atoms with Crippen molar-refractivity contribution in [3.8, 4) is 0 Å². The molecular weight excluding hydrogens is 244 g/mol. The Kier molecular flexibility index (Phi) is 3.99. The fraction of sp³-hybridized carbons (Fsp3) is 0.462. The molecule has 102 valence electrons. The molecule has 1 saturated heterocycles. The Morgan fingerprint density at radius 3 is 3.00 bits per heavy atom. The molecule has 0 saturated carbocycles. The van der Waals surface area contributed by atoms with Gasteiger partial charge in [0.15, 0.2) is 0 Å². The topological polar surface area (TPSA) is 74.3 Å². The van der Waals surface area contributed by atoms with Crippen LogP contribution in [0, 0.1) is 0 Å². The second-order valence-corrected chi connectivity index (χ2v) is 4.63. The third-order valence-electron chi connectivity index (χ3n) is 3.25. The SMILES string of the molecule is CNC(=O)c1cccnc1NC1CCC(=O)N(C)C1. The van der Waals surface area contributed by atoms with Gasteiger partial charge >= 0.3 is 0 Å². The van der Waals surface area contributed by atoms with Gasteiger partial charge < -0.3 is 15.5 Å². The van der Waals surface area contributed by atoms with Crippen LogP contribution in [0.4, 0.5) is 5.82 Å². The van der Waals surface area contributed by atoms with Crippen LogP contribution in [0.2, 0.25) is 0 Å². The molecule has 1 aromatic heterocycles. The molecule has 2 N–H and O–H groups in total. The second-order valence-electron chi connectivity index (χ2n) is 4.63. The first kappa shape index (κ1) is 13.3. The highest BCUT2D eigenvalue weighted by atomic mass is 16.2. The molecule has 0 aromatic carbocycles. The minimum atomic E-state index is -0.171. The van der Waals surface area contributed by atoms with Crippen LogP contribution in [-0.2, 0) is 4.79 Å². The van der Waals surface area contributed by atoms with Gasteiger partial charge in [0.05, 0.1) is 5.56 Å². The summed E-state index contributed by atoms with van der Waals surface area (Å²) in [6, 6.07) is 3.58. The molecule has 0 spiro atoms. The number of likely N-dealkylation sites (tertiary alicyclic amines) is 1. The summed E-state index contributed by atoms with van der Waals surface area (Å²) in [6.45, 7) is 0.628. The van der Waals surface area contributed by atoms with E-state index in [0.717, 1.165) is 6.42 Å². The van der Waals surface area contributed by atoms with Gasteiger partial charge in [-0.15, -0.1) is 0 Å². The van der Waals surface area contributed by atoms with Gasteiger partial charge in [-0.05, 0) is 18.6 Å². The zero-order valence-corrected chi connectivity index (χ0v) is 11.1. The molecule has 19 heavy (non-hydrogen) atoms. The van der Waals surface area contributed by atoms with Crippen molar-refractivity contribution in [3.63, 3.8) is 0 Å². The molecule has 1 fully saturated rings. The van der Waals surface area contributed by atoms with Crippen molar-refractivity contribution in [3.05, 3.63) is 23.9 Å². The van der Waals surface area contributed by atoms with Gasteiger partial charge in [0, 0.05) is 39.3 Å². The number of nitrogens with zero attached hydrogens (tertiary/aromatic N) is 2. The number of anilines is 1. The quantitative estimate of drug-likeness (QED) is 0.830. The van der Waals surface area contributed by atoms with Crippen LogP contribution in [0.5, 0.6) is 0 Å². The molecule has 0 radical (unpaired) electrons. The van der Waals surface area contributed by atoms with E-state index in [1.165, 1.54) is 0 Å². The Morgan fingerprint density at radius 2 is 2.32 bits per heavy atom. The standard InChI is InChI=1S/C13H18N4O2/c1-14-13(19)10-4-3-7-15-12(10)16-9-5-6-11(18)17(2)8-9/h3-4,7,9H,5-6,8H2,1-2H3,(H,14,19)(H,15,16). The second kappa shape index (κ2) is 5.69. The number of carbonyl (C=O) groups excluding carboxylic acids is 2. The van der Waals surface area contributed by atoms with Crippen molar-refractivity contribution < 1.29 is 9.59 Å². The summed E-state index contributed by atoms with van der Waals surface area (Å²) in [5, 5.41) is 5.84. The Hall–Kier alpha value is -2.11. The third-order valence-corrected chi connectivity index (χ3v) is 3.25. The van der Waals surface area contributed by atoms with Crippen LogP contribution in [0.3, 0.4) is 0 Å². The summed E-state index contributed by atoms with van der Waals surface area (Å²) >= 11 is 0. The number of rotatable bonds is 3. The number of nitrogens with one attached hydrogen (secondary N) is 2. The minimum absolute atomic E-state index is 0.126. The lowest BCUT2D eigenvalue weighted by Crippen LogP contribution is -2.43. The maximum Gasteiger partial charge on any atom is 0.254 e. The van der Waals surface area contributed by atoms with Crippen molar-refractivity contribution in [1.29, 1.82) is 0 Å². The third kappa shape index (κ3) is 3.01. The van der Waals surface area contributed by atoms with Crippen molar-refractivity contribution in [2.24, 2.45) is 0 Å². The molecule has 1 atom stereocenters. The molecule has 6 nitrogen and oxygen atoms in total. The minimum Gasteiger partial charge on any atom is -0.365 e. The maximum absolute atomic E-state index is 11.7. The fourth-order valence-electron chi connectivity index (χ4n) is 2.16. The van der Waals surface area contributed by atoms with E-state index in [1.54, 1.807) is 37.3 Å². The number of carbonyl (C=O) groups is 2. The van der Waals surface area contributed by atoms with Gasteiger partial charge in [0.25, 0.3) is 5.91 Å². The number of aromatic nitrogens is 1. The summed E-state index contributed by atoms with van der Waals surface area (Å²) in [5.74, 6) is 0.552. The Labute approximate surface area is 112 Å². The van der Waals surface area contributed by atoms with E-state index < -0.39 is 0 Å². The zero-order valence-electron chi connectivity index (χ0n) is 11.1. The smallest absolute Gasteiger partial charge is 0.254 e. The average molecular weight is 262 g/mol. The monoisotopic (exact) mass is 262 g/mol. The van der Waals surface area contributed by atoms with Gasteiger partial charge in [-0.2, -0.15) is 0 Å². The molecule has 6 heteroatoms. The summed E-state index contributed by atoms with van der Waals surface area (Å²) in [6.07, 6.45) is 2.93. The lowest BCUT2D eigenvalue weighted by molar-refractivity contribution is -0.132. The number of hydrogen-bond acceptors (Lipinski definition) is 4. The van der Waals surface area contributed by atoms with Crippen LogP contribution >= 0.6 is 0 Å². The average Bonchev–Trinajstić information content (AvgIpc) is 2.43. The molecule has 2 rings (SSSR count).